The molecule has 4 rings (SSSR count). The first kappa shape index (κ1) is 20.2. The Morgan fingerprint density at radius 2 is 2.07 bits per heavy atom. The summed E-state index contributed by atoms with van der Waals surface area (Å²) >= 11 is 0. The number of likely N-dealkylation sites (tertiary alicyclic amines) is 1. The standard InChI is InChI=1S/C23H27N3O4/c1-30-20-8-4-6-18-23(20)25-21(24-18)11-17-14-26(10-9-15(17)12-22(28)29)13-16-5-2-3-7-19(16)27/h2-8,15,17,27H,9-14H2,1H3,(H,24,25)(H,28,29)/t15-,17-/m0/s1. The maximum atomic E-state index is 11.4. The Morgan fingerprint density at radius 1 is 1.23 bits per heavy atom. The molecule has 3 N–H and O–H groups in total. The number of carboxylic acid groups (broad SMARTS) is 1. The number of methoxy groups -OCH3 is 1. The molecule has 1 aliphatic rings. The van der Waals surface area contributed by atoms with Gasteiger partial charge in [0.1, 0.15) is 22.8 Å². The number of fused-ring (bicyclic) bond motifs is 1. The molecule has 0 spiro atoms. The fourth-order valence-corrected chi connectivity index (χ4v) is 4.48. The molecule has 1 aliphatic heterocycles. The van der Waals surface area contributed by atoms with E-state index in [4.69, 9.17) is 9.72 Å². The Labute approximate surface area is 175 Å². The zero-order chi connectivity index (χ0) is 21.1. The van der Waals surface area contributed by atoms with Crippen molar-refractivity contribution in [2.45, 2.75) is 25.8 Å². The summed E-state index contributed by atoms with van der Waals surface area (Å²) in [5, 5.41) is 19.5. The summed E-state index contributed by atoms with van der Waals surface area (Å²) in [5.74, 6) is 1.36. The number of aliphatic carboxylic acids is 1. The van der Waals surface area contributed by atoms with Gasteiger partial charge >= 0.3 is 5.97 Å². The number of H-pyrrole nitrogens is 1. The molecule has 0 unspecified atom stereocenters. The summed E-state index contributed by atoms with van der Waals surface area (Å²) < 4.78 is 5.41. The van der Waals surface area contributed by atoms with Gasteiger partial charge in [-0.15, -0.1) is 0 Å². The van der Waals surface area contributed by atoms with Gasteiger partial charge < -0.3 is 19.9 Å². The van der Waals surface area contributed by atoms with Crippen LogP contribution in [-0.4, -0.2) is 51.2 Å². The van der Waals surface area contributed by atoms with Gasteiger partial charge in [0.25, 0.3) is 0 Å². The topological polar surface area (TPSA) is 98.7 Å². The minimum absolute atomic E-state index is 0.0956. The van der Waals surface area contributed by atoms with Crippen LogP contribution in [0.2, 0.25) is 0 Å². The summed E-state index contributed by atoms with van der Waals surface area (Å²) in [4.78, 5) is 21.8. The van der Waals surface area contributed by atoms with E-state index in [1.807, 2.05) is 36.4 Å². The first-order chi connectivity index (χ1) is 14.5. The second-order valence-corrected chi connectivity index (χ2v) is 8.01. The van der Waals surface area contributed by atoms with Crippen molar-refractivity contribution in [3.05, 3.63) is 53.9 Å². The van der Waals surface area contributed by atoms with Crippen molar-refractivity contribution >= 4 is 17.0 Å². The van der Waals surface area contributed by atoms with Crippen molar-refractivity contribution in [3.8, 4) is 11.5 Å². The highest BCUT2D eigenvalue weighted by atomic mass is 16.5. The van der Waals surface area contributed by atoms with E-state index >= 15 is 0 Å². The molecule has 158 valence electrons. The van der Waals surface area contributed by atoms with Crippen LogP contribution < -0.4 is 4.74 Å². The molecule has 3 aromatic rings. The lowest BCUT2D eigenvalue weighted by Gasteiger charge is -2.38. The Hall–Kier alpha value is -3.06. The number of carbonyl (C=O) groups is 1. The van der Waals surface area contributed by atoms with Gasteiger partial charge in [-0.05, 0) is 43.0 Å². The van der Waals surface area contributed by atoms with Crippen molar-refractivity contribution in [2.75, 3.05) is 20.2 Å². The highest BCUT2D eigenvalue weighted by molar-refractivity contribution is 5.81. The van der Waals surface area contributed by atoms with Crippen molar-refractivity contribution in [3.63, 3.8) is 0 Å². The molecule has 2 heterocycles. The third-order valence-electron chi connectivity index (χ3n) is 6.00. The van der Waals surface area contributed by atoms with Crippen molar-refractivity contribution < 1.29 is 19.7 Å². The Bertz CT molecular complexity index is 1030. The number of phenols is 1. The molecule has 0 bridgehead atoms. The van der Waals surface area contributed by atoms with Crippen molar-refractivity contribution in [1.29, 1.82) is 0 Å². The smallest absolute Gasteiger partial charge is 0.303 e. The summed E-state index contributed by atoms with van der Waals surface area (Å²) in [6.45, 7) is 2.23. The summed E-state index contributed by atoms with van der Waals surface area (Å²) in [5.41, 5.74) is 2.61. The van der Waals surface area contributed by atoms with Gasteiger partial charge in [-0.3, -0.25) is 9.69 Å². The van der Waals surface area contributed by atoms with Gasteiger partial charge in [-0.1, -0.05) is 24.3 Å². The number of aromatic amines is 1. The fraction of sp³-hybridized carbons (Fsp3) is 0.391. The molecule has 7 heteroatoms. The number of phenolic OH excluding ortho intramolecular Hbond substituents is 1. The molecule has 0 saturated carbocycles. The maximum absolute atomic E-state index is 11.4. The summed E-state index contributed by atoms with van der Waals surface area (Å²) in [6.07, 6.45) is 1.65. The van der Waals surface area contributed by atoms with Crippen LogP contribution in [0.25, 0.3) is 11.0 Å². The first-order valence-corrected chi connectivity index (χ1v) is 10.3. The number of hydrogen-bond donors (Lipinski definition) is 3. The number of aromatic hydroxyl groups is 1. The number of aromatic nitrogens is 2. The van der Waals surface area contributed by atoms with E-state index in [2.05, 4.69) is 9.88 Å². The molecule has 0 radical (unpaired) electrons. The molecule has 30 heavy (non-hydrogen) atoms. The Morgan fingerprint density at radius 3 is 2.83 bits per heavy atom. The zero-order valence-electron chi connectivity index (χ0n) is 17.0. The summed E-state index contributed by atoms with van der Waals surface area (Å²) in [7, 11) is 1.63. The van der Waals surface area contributed by atoms with Crippen LogP contribution in [0.1, 0.15) is 24.2 Å². The number of rotatable bonds is 7. The van der Waals surface area contributed by atoms with Crippen LogP contribution in [-0.2, 0) is 17.8 Å². The van der Waals surface area contributed by atoms with Gasteiger partial charge in [0.15, 0.2) is 0 Å². The number of hydrogen-bond acceptors (Lipinski definition) is 5. The number of ether oxygens (including phenoxy) is 1. The van der Waals surface area contributed by atoms with Gasteiger partial charge in [-0.2, -0.15) is 0 Å². The third kappa shape index (κ3) is 4.41. The van der Waals surface area contributed by atoms with E-state index in [1.54, 1.807) is 13.2 Å². The number of benzene rings is 2. The van der Waals surface area contributed by atoms with Gasteiger partial charge in [0.05, 0.1) is 12.6 Å². The maximum Gasteiger partial charge on any atom is 0.303 e. The Balaban J connectivity index is 1.54. The van der Waals surface area contributed by atoms with Gasteiger partial charge in [0.2, 0.25) is 0 Å². The first-order valence-electron chi connectivity index (χ1n) is 10.3. The fourth-order valence-electron chi connectivity index (χ4n) is 4.48. The molecule has 7 nitrogen and oxygen atoms in total. The number of imidazole rings is 1. The molecule has 2 atom stereocenters. The largest absolute Gasteiger partial charge is 0.508 e. The molecular formula is C23H27N3O4. The second-order valence-electron chi connectivity index (χ2n) is 8.01. The van der Waals surface area contributed by atoms with E-state index in [9.17, 15) is 15.0 Å². The number of nitrogens with zero attached hydrogens (tertiary/aromatic N) is 2. The summed E-state index contributed by atoms with van der Waals surface area (Å²) in [6, 6.07) is 13.1. The molecular weight excluding hydrogens is 382 g/mol. The van der Waals surface area contributed by atoms with Crippen LogP contribution in [0, 0.1) is 11.8 Å². The van der Waals surface area contributed by atoms with Crippen molar-refractivity contribution in [2.24, 2.45) is 11.8 Å². The minimum Gasteiger partial charge on any atom is -0.508 e. The van der Waals surface area contributed by atoms with Crippen LogP contribution in [0.15, 0.2) is 42.5 Å². The molecule has 1 aromatic heterocycles. The van der Waals surface area contributed by atoms with Crippen molar-refractivity contribution in [1.82, 2.24) is 14.9 Å². The second kappa shape index (κ2) is 8.75. The number of nitrogens with one attached hydrogen (secondary N) is 1. The van der Waals surface area contributed by atoms with E-state index in [0.717, 1.165) is 47.7 Å². The van der Waals surface area contributed by atoms with Gasteiger partial charge in [-0.25, -0.2) is 4.98 Å². The SMILES string of the molecule is COc1cccc2[nH]c(C[C@H]3CN(Cc4ccccc4O)CC[C@H]3CC(=O)O)nc12. The van der Waals surface area contributed by atoms with E-state index in [1.165, 1.54) is 0 Å². The molecule has 0 amide bonds. The lowest BCUT2D eigenvalue weighted by atomic mass is 9.81. The normalized spacial score (nSPS) is 19.8. The predicted octanol–water partition coefficient (Wildman–Crippen LogP) is 3.43. The molecule has 0 aliphatic carbocycles. The molecule has 2 aromatic carbocycles. The van der Waals surface area contributed by atoms with E-state index < -0.39 is 5.97 Å². The average molecular weight is 409 g/mol. The van der Waals surface area contributed by atoms with E-state index in [0.29, 0.717) is 18.7 Å². The predicted molar refractivity (Wildman–Crippen MR) is 114 cm³/mol. The third-order valence-corrected chi connectivity index (χ3v) is 6.00. The zero-order valence-corrected chi connectivity index (χ0v) is 17.0. The van der Waals surface area contributed by atoms with Crippen LogP contribution in [0.3, 0.4) is 0 Å². The molecule has 1 fully saturated rings. The lowest BCUT2D eigenvalue weighted by Crippen LogP contribution is -2.41. The lowest BCUT2D eigenvalue weighted by molar-refractivity contribution is -0.139. The minimum atomic E-state index is -0.759. The monoisotopic (exact) mass is 409 g/mol. The molecule has 1 saturated heterocycles. The van der Waals surface area contributed by atoms with Crippen LogP contribution in [0.5, 0.6) is 11.5 Å². The Kier molecular flexibility index (Phi) is 5.90. The highest BCUT2D eigenvalue weighted by Gasteiger charge is 2.32. The number of piperidine rings is 1. The van der Waals surface area contributed by atoms with Crippen LogP contribution >= 0.6 is 0 Å². The number of carboxylic acids is 1. The van der Waals surface area contributed by atoms with Crippen LogP contribution in [0.4, 0.5) is 0 Å². The number of para-hydroxylation sites is 2. The van der Waals surface area contributed by atoms with E-state index in [-0.39, 0.29) is 18.3 Å². The van der Waals surface area contributed by atoms with Gasteiger partial charge in [0, 0.05) is 31.5 Å². The highest BCUT2D eigenvalue weighted by Crippen LogP contribution is 2.32. The average Bonchev–Trinajstić information content (AvgIpc) is 3.14. The quantitative estimate of drug-likeness (QED) is 0.553.